The summed E-state index contributed by atoms with van der Waals surface area (Å²) >= 11 is 0. The molecule has 0 saturated heterocycles. The summed E-state index contributed by atoms with van der Waals surface area (Å²) in [5.74, 6) is 0. The van der Waals surface area contributed by atoms with Crippen molar-refractivity contribution in [3.63, 3.8) is 0 Å². The lowest BCUT2D eigenvalue weighted by Gasteiger charge is -2.07. The molecule has 0 fully saturated rings. The van der Waals surface area contributed by atoms with Crippen LogP contribution in [0.25, 0.3) is 0 Å². The zero-order valence-corrected chi connectivity index (χ0v) is 10.7. The summed E-state index contributed by atoms with van der Waals surface area (Å²) in [5.41, 5.74) is 3.30. The third-order valence-electron chi connectivity index (χ3n) is 3.04. The molecular formula is C14H28. The van der Waals surface area contributed by atoms with Crippen molar-refractivity contribution in [3.8, 4) is 0 Å². The van der Waals surface area contributed by atoms with E-state index in [1.165, 1.54) is 51.4 Å². The highest BCUT2D eigenvalue weighted by Gasteiger charge is 1.97. The van der Waals surface area contributed by atoms with Crippen molar-refractivity contribution < 1.29 is 0 Å². The minimum Gasteiger partial charge on any atom is -0.0744 e. The van der Waals surface area contributed by atoms with Crippen molar-refractivity contribution in [2.45, 2.75) is 79.1 Å². The van der Waals surface area contributed by atoms with Crippen LogP contribution in [0.2, 0.25) is 0 Å². The maximum absolute atomic E-state index is 2.32. The molecule has 0 aromatic carbocycles. The maximum atomic E-state index is 2.32. The molecule has 0 aromatic heterocycles. The van der Waals surface area contributed by atoms with Gasteiger partial charge in [0, 0.05) is 0 Å². The molecule has 0 N–H and O–H groups in total. The Morgan fingerprint density at radius 2 is 1.00 bits per heavy atom. The predicted octanol–water partition coefficient (Wildman–Crippen LogP) is 5.48. The van der Waals surface area contributed by atoms with E-state index >= 15 is 0 Å². The second kappa shape index (κ2) is 9.30. The Labute approximate surface area is 90.8 Å². The molecule has 0 unspecified atom stereocenters. The molecule has 14 heavy (non-hydrogen) atoms. The number of hydrogen-bond acceptors (Lipinski definition) is 0. The average Bonchev–Trinajstić information content (AvgIpc) is 2.18. The van der Waals surface area contributed by atoms with Gasteiger partial charge < -0.3 is 0 Å². The Hall–Kier alpha value is -0.260. The van der Waals surface area contributed by atoms with Gasteiger partial charge in [-0.2, -0.15) is 0 Å². The van der Waals surface area contributed by atoms with Gasteiger partial charge in [0.1, 0.15) is 0 Å². The summed E-state index contributed by atoms with van der Waals surface area (Å²) in [4.78, 5) is 0. The third-order valence-corrected chi connectivity index (χ3v) is 3.04. The van der Waals surface area contributed by atoms with Crippen molar-refractivity contribution in [1.82, 2.24) is 0 Å². The van der Waals surface area contributed by atoms with Crippen molar-refractivity contribution in [2.24, 2.45) is 0 Å². The van der Waals surface area contributed by atoms with Gasteiger partial charge in [-0.1, -0.05) is 50.7 Å². The van der Waals surface area contributed by atoms with Gasteiger partial charge in [-0.25, -0.2) is 0 Å². The maximum Gasteiger partial charge on any atom is -0.0320 e. The zero-order chi connectivity index (χ0) is 10.8. The number of rotatable bonds is 8. The lowest BCUT2D eigenvalue weighted by atomic mass is 10.00. The Bertz CT molecular complexity index is 135. The molecule has 84 valence electrons. The molecule has 0 radical (unpaired) electrons. The first-order chi connectivity index (χ1) is 6.72. The van der Waals surface area contributed by atoms with E-state index < -0.39 is 0 Å². The monoisotopic (exact) mass is 196 g/mol. The van der Waals surface area contributed by atoms with Gasteiger partial charge in [0.25, 0.3) is 0 Å². The molecule has 0 heterocycles. The second-order valence-corrected chi connectivity index (χ2v) is 4.47. The van der Waals surface area contributed by atoms with Gasteiger partial charge in [-0.15, -0.1) is 0 Å². The van der Waals surface area contributed by atoms with Crippen molar-refractivity contribution in [3.05, 3.63) is 11.1 Å². The van der Waals surface area contributed by atoms with Crippen LogP contribution in [0.3, 0.4) is 0 Å². The number of unbranched alkanes of at least 4 members (excludes halogenated alkanes) is 4. The van der Waals surface area contributed by atoms with Crippen LogP contribution >= 0.6 is 0 Å². The van der Waals surface area contributed by atoms with E-state index in [4.69, 9.17) is 0 Å². The van der Waals surface area contributed by atoms with Crippen molar-refractivity contribution in [2.75, 3.05) is 0 Å². The first-order valence-electron chi connectivity index (χ1n) is 6.37. The molecule has 0 aromatic rings. The van der Waals surface area contributed by atoms with Crippen LogP contribution < -0.4 is 0 Å². The largest absolute Gasteiger partial charge is 0.0744 e. The molecule has 0 rings (SSSR count). The lowest BCUT2D eigenvalue weighted by Crippen LogP contribution is -1.87. The minimum atomic E-state index is 1.33. The highest BCUT2D eigenvalue weighted by atomic mass is 14.0. The van der Waals surface area contributed by atoms with E-state index in [0.29, 0.717) is 0 Å². The summed E-state index contributed by atoms with van der Waals surface area (Å²) in [6, 6.07) is 0. The summed E-state index contributed by atoms with van der Waals surface area (Å²) in [6.45, 7) is 9.17. The average molecular weight is 196 g/mol. The molecule has 0 aliphatic carbocycles. The highest BCUT2D eigenvalue weighted by molar-refractivity contribution is 5.09. The fourth-order valence-corrected chi connectivity index (χ4v) is 1.71. The summed E-state index contributed by atoms with van der Waals surface area (Å²) < 4.78 is 0. The molecule has 0 spiro atoms. The molecule has 0 atom stereocenters. The molecular weight excluding hydrogens is 168 g/mol. The van der Waals surface area contributed by atoms with E-state index in [2.05, 4.69) is 27.7 Å². The molecule has 0 nitrogen and oxygen atoms in total. The fourth-order valence-electron chi connectivity index (χ4n) is 1.71. The molecule has 0 heteroatoms. The van der Waals surface area contributed by atoms with Crippen LogP contribution in [0.4, 0.5) is 0 Å². The minimum absolute atomic E-state index is 1.33. The van der Waals surface area contributed by atoms with Gasteiger partial charge in [0.2, 0.25) is 0 Å². The number of allylic oxidation sites excluding steroid dienone is 2. The highest BCUT2D eigenvalue weighted by Crippen LogP contribution is 2.17. The summed E-state index contributed by atoms with van der Waals surface area (Å²) in [7, 11) is 0. The van der Waals surface area contributed by atoms with Gasteiger partial charge in [-0.3, -0.25) is 0 Å². The smallest absolute Gasteiger partial charge is 0.0320 e. The van der Waals surface area contributed by atoms with Gasteiger partial charge in [-0.05, 0) is 39.5 Å². The normalized spacial score (nSPS) is 12.9. The Kier molecular flexibility index (Phi) is 9.13. The molecule has 0 aliphatic heterocycles. The van der Waals surface area contributed by atoms with Gasteiger partial charge in [0.05, 0.1) is 0 Å². The zero-order valence-electron chi connectivity index (χ0n) is 10.7. The van der Waals surface area contributed by atoms with E-state index in [1.54, 1.807) is 11.1 Å². The molecule has 0 amide bonds. The second-order valence-electron chi connectivity index (χ2n) is 4.47. The van der Waals surface area contributed by atoms with Crippen LogP contribution in [0, 0.1) is 0 Å². The van der Waals surface area contributed by atoms with E-state index in [0.717, 1.165) is 0 Å². The summed E-state index contributed by atoms with van der Waals surface area (Å²) in [5, 5.41) is 0. The third kappa shape index (κ3) is 7.17. The molecule has 0 aliphatic rings. The van der Waals surface area contributed by atoms with Gasteiger partial charge >= 0.3 is 0 Å². The van der Waals surface area contributed by atoms with E-state index in [-0.39, 0.29) is 0 Å². The van der Waals surface area contributed by atoms with Crippen LogP contribution in [0.15, 0.2) is 11.1 Å². The van der Waals surface area contributed by atoms with Crippen LogP contribution in [-0.4, -0.2) is 0 Å². The van der Waals surface area contributed by atoms with Crippen LogP contribution in [-0.2, 0) is 0 Å². The lowest BCUT2D eigenvalue weighted by molar-refractivity contribution is 0.686. The fraction of sp³-hybridized carbons (Fsp3) is 0.857. The first kappa shape index (κ1) is 13.7. The Morgan fingerprint density at radius 1 is 0.643 bits per heavy atom. The first-order valence-corrected chi connectivity index (χ1v) is 6.37. The predicted molar refractivity (Wildman–Crippen MR) is 66.7 cm³/mol. The quantitative estimate of drug-likeness (QED) is 0.356. The van der Waals surface area contributed by atoms with Crippen molar-refractivity contribution >= 4 is 0 Å². The van der Waals surface area contributed by atoms with Crippen LogP contribution in [0.1, 0.15) is 79.1 Å². The SMILES string of the molecule is CCCCCC(C)=C(C)CCCCC. The topological polar surface area (TPSA) is 0 Å². The van der Waals surface area contributed by atoms with Gasteiger partial charge in [0.15, 0.2) is 0 Å². The van der Waals surface area contributed by atoms with Crippen LogP contribution in [0.5, 0.6) is 0 Å². The molecule has 0 bridgehead atoms. The Balaban J connectivity index is 3.66. The number of hydrogen-bond donors (Lipinski definition) is 0. The van der Waals surface area contributed by atoms with Crippen molar-refractivity contribution in [1.29, 1.82) is 0 Å². The standard InChI is InChI=1S/C14H28/c1-5-7-9-11-13(3)14(4)12-10-8-6-2/h5-12H2,1-4H3. The van der Waals surface area contributed by atoms with E-state index in [1.807, 2.05) is 0 Å². The van der Waals surface area contributed by atoms with E-state index in [9.17, 15) is 0 Å². The molecule has 0 saturated carbocycles. The summed E-state index contributed by atoms with van der Waals surface area (Å²) in [6.07, 6.45) is 10.9. The Morgan fingerprint density at radius 3 is 1.29 bits per heavy atom.